The van der Waals surface area contributed by atoms with Gasteiger partial charge in [0.25, 0.3) is 0 Å². The van der Waals surface area contributed by atoms with Crippen molar-refractivity contribution in [3.05, 3.63) is 49.6 Å². The van der Waals surface area contributed by atoms with Crippen LogP contribution in [0.3, 0.4) is 0 Å². The third kappa shape index (κ3) is 2.96. The number of rotatable bonds is 3. The summed E-state index contributed by atoms with van der Waals surface area (Å²) in [6.07, 6.45) is 0.925. The van der Waals surface area contributed by atoms with E-state index in [0.29, 0.717) is 16.7 Å². The van der Waals surface area contributed by atoms with Gasteiger partial charge in [0.2, 0.25) is 0 Å². The van der Waals surface area contributed by atoms with Gasteiger partial charge in [-0.2, -0.15) is 0 Å². The summed E-state index contributed by atoms with van der Waals surface area (Å²) in [6.45, 7) is 3.65. The summed E-state index contributed by atoms with van der Waals surface area (Å²) in [5.41, 5.74) is 1.06. The van der Waals surface area contributed by atoms with Crippen LogP contribution in [0.4, 0.5) is 0 Å². The highest BCUT2D eigenvalue weighted by Gasteiger charge is 2.24. The molecule has 0 bridgehead atoms. The number of nitrogens with one attached hydrogen (secondary N) is 1. The molecule has 2 heterocycles. The molecule has 1 N–H and O–H groups in total. The van der Waals surface area contributed by atoms with Gasteiger partial charge in [-0.05, 0) is 31.2 Å². The molecule has 1 unspecified atom stereocenters. The number of benzene rings is 1. The molecule has 1 aliphatic heterocycles. The maximum atomic E-state index is 6.20. The van der Waals surface area contributed by atoms with Gasteiger partial charge in [-0.1, -0.05) is 23.2 Å². The molecule has 2 nitrogen and oxygen atoms in total. The van der Waals surface area contributed by atoms with E-state index in [1.165, 1.54) is 9.75 Å². The smallest absolute Gasteiger partial charge is 0.142 e. The minimum Gasteiger partial charge on any atom is -0.492 e. The summed E-state index contributed by atoms with van der Waals surface area (Å²) in [5, 5.41) is 4.81. The van der Waals surface area contributed by atoms with E-state index in [9.17, 15) is 0 Å². The Balaban J connectivity index is 1.79. The number of hydrogen-bond donors (Lipinski definition) is 1. The quantitative estimate of drug-likeness (QED) is 0.858. The van der Waals surface area contributed by atoms with Crippen LogP contribution in [-0.2, 0) is 6.54 Å². The van der Waals surface area contributed by atoms with Crippen LogP contribution in [0.5, 0.6) is 5.75 Å². The molecule has 20 heavy (non-hydrogen) atoms. The average Bonchev–Trinajstić information content (AvgIpc) is 2.82. The highest BCUT2D eigenvalue weighted by Crippen LogP contribution is 2.40. The first-order valence-corrected chi connectivity index (χ1v) is 8.11. The van der Waals surface area contributed by atoms with E-state index < -0.39 is 0 Å². The average molecular weight is 328 g/mol. The fourth-order valence-corrected chi connectivity index (χ4v) is 3.85. The maximum absolute atomic E-state index is 6.20. The largest absolute Gasteiger partial charge is 0.492 e. The third-order valence-corrected chi connectivity index (χ3v) is 4.88. The lowest BCUT2D eigenvalue weighted by molar-refractivity contribution is 0.252. The maximum Gasteiger partial charge on any atom is 0.142 e. The molecule has 0 amide bonds. The molecule has 0 radical (unpaired) electrons. The molecular weight excluding hydrogens is 313 g/mol. The second-order valence-corrected chi connectivity index (χ2v) is 7.11. The summed E-state index contributed by atoms with van der Waals surface area (Å²) in [5.74, 6) is 0.766. The second-order valence-electron chi connectivity index (χ2n) is 4.89. The third-order valence-electron chi connectivity index (χ3n) is 3.38. The molecule has 1 atom stereocenters. The SMILES string of the molecule is Cc1ccc(CNC2CCOc3c(Cl)cc(Cl)cc32)s1. The lowest BCUT2D eigenvalue weighted by atomic mass is 10.0. The van der Waals surface area contributed by atoms with Crippen molar-refractivity contribution in [3.63, 3.8) is 0 Å². The van der Waals surface area contributed by atoms with Crippen LogP contribution in [0, 0.1) is 6.92 Å². The minimum atomic E-state index is 0.234. The summed E-state index contributed by atoms with van der Waals surface area (Å²) in [6, 6.07) is 8.22. The first kappa shape index (κ1) is 14.2. The van der Waals surface area contributed by atoms with Crippen LogP contribution >= 0.6 is 34.5 Å². The zero-order chi connectivity index (χ0) is 14.1. The number of aryl methyl sites for hydroxylation is 1. The second kappa shape index (κ2) is 5.94. The molecule has 5 heteroatoms. The molecule has 1 aromatic heterocycles. The molecular formula is C15H15Cl2NOS. The fourth-order valence-electron chi connectivity index (χ4n) is 2.44. The molecule has 0 spiro atoms. The molecule has 1 aliphatic rings. The van der Waals surface area contributed by atoms with E-state index in [1.807, 2.05) is 17.4 Å². The zero-order valence-electron chi connectivity index (χ0n) is 11.1. The van der Waals surface area contributed by atoms with E-state index in [2.05, 4.69) is 24.4 Å². The number of halogens is 2. The Kier molecular flexibility index (Phi) is 4.22. The summed E-state index contributed by atoms with van der Waals surface area (Å²) in [4.78, 5) is 2.67. The fraction of sp³-hybridized carbons (Fsp3) is 0.333. The Morgan fingerprint density at radius 1 is 1.35 bits per heavy atom. The van der Waals surface area contributed by atoms with Gasteiger partial charge in [-0.25, -0.2) is 0 Å². The molecule has 0 saturated carbocycles. The molecule has 3 rings (SSSR count). The van der Waals surface area contributed by atoms with Crippen molar-refractivity contribution < 1.29 is 4.74 Å². The summed E-state index contributed by atoms with van der Waals surface area (Å²) < 4.78 is 5.67. The molecule has 1 aromatic carbocycles. The Morgan fingerprint density at radius 3 is 2.95 bits per heavy atom. The normalized spacial score (nSPS) is 17.6. The first-order valence-electron chi connectivity index (χ1n) is 6.54. The van der Waals surface area contributed by atoms with Gasteiger partial charge in [-0.15, -0.1) is 11.3 Å². The van der Waals surface area contributed by atoms with Gasteiger partial charge in [0.1, 0.15) is 5.75 Å². The Bertz CT molecular complexity index is 626. The van der Waals surface area contributed by atoms with Crippen LogP contribution in [-0.4, -0.2) is 6.61 Å². The van der Waals surface area contributed by atoms with Crippen molar-refractivity contribution in [1.82, 2.24) is 5.32 Å². The van der Waals surface area contributed by atoms with E-state index in [4.69, 9.17) is 27.9 Å². The predicted octanol–water partition coefficient (Wildman–Crippen LogP) is 4.98. The van der Waals surface area contributed by atoms with Crippen LogP contribution in [0.1, 0.15) is 27.8 Å². The minimum absolute atomic E-state index is 0.234. The number of fused-ring (bicyclic) bond motifs is 1. The Morgan fingerprint density at radius 2 is 2.20 bits per heavy atom. The van der Waals surface area contributed by atoms with Gasteiger partial charge >= 0.3 is 0 Å². The van der Waals surface area contributed by atoms with Crippen molar-refractivity contribution >= 4 is 34.5 Å². The molecule has 0 aliphatic carbocycles. The molecule has 0 saturated heterocycles. The first-order chi connectivity index (χ1) is 9.63. The van der Waals surface area contributed by atoms with Gasteiger partial charge in [0, 0.05) is 39.3 Å². The van der Waals surface area contributed by atoms with Crippen molar-refractivity contribution in [2.75, 3.05) is 6.61 Å². The molecule has 106 valence electrons. The van der Waals surface area contributed by atoms with Crippen LogP contribution < -0.4 is 10.1 Å². The molecule has 0 fully saturated rings. The number of hydrogen-bond acceptors (Lipinski definition) is 3. The Hall–Kier alpha value is -0.740. The van der Waals surface area contributed by atoms with Crippen LogP contribution in [0.2, 0.25) is 10.0 Å². The highest BCUT2D eigenvalue weighted by molar-refractivity contribution is 7.11. The van der Waals surface area contributed by atoms with Crippen molar-refractivity contribution in [2.24, 2.45) is 0 Å². The van der Waals surface area contributed by atoms with E-state index >= 15 is 0 Å². The molecule has 2 aromatic rings. The van der Waals surface area contributed by atoms with Gasteiger partial charge < -0.3 is 10.1 Å². The lowest BCUT2D eigenvalue weighted by Gasteiger charge is -2.27. The summed E-state index contributed by atoms with van der Waals surface area (Å²) in [7, 11) is 0. The van der Waals surface area contributed by atoms with Crippen molar-refractivity contribution in [2.45, 2.75) is 25.9 Å². The van der Waals surface area contributed by atoms with Gasteiger partial charge in [0.15, 0.2) is 0 Å². The lowest BCUT2D eigenvalue weighted by Crippen LogP contribution is -2.26. The summed E-state index contributed by atoms with van der Waals surface area (Å²) >= 11 is 14.1. The topological polar surface area (TPSA) is 21.3 Å². The van der Waals surface area contributed by atoms with Crippen LogP contribution in [0.25, 0.3) is 0 Å². The number of thiophene rings is 1. The van der Waals surface area contributed by atoms with Crippen molar-refractivity contribution in [3.8, 4) is 5.75 Å². The van der Waals surface area contributed by atoms with Gasteiger partial charge in [-0.3, -0.25) is 0 Å². The highest BCUT2D eigenvalue weighted by atomic mass is 35.5. The van der Waals surface area contributed by atoms with E-state index in [-0.39, 0.29) is 6.04 Å². The van der Waals surface area contributed by atoms with Crippen molar-refractivity contribution in [1.29, 1.82) is 0 Å². The Labute approximate surface area is 132 Å². The van der Waals surface area contributed by atoms with E-state index in [0.717, 1.165) is 24.3 Å². The zero-order valence-corrected chi connectivity index (χ0v) is 13.4. The van der Waals surface area contributed by atoms with Crippen LogP contribution in [0.15, 0.2) is 24.3 Å². The monoisotopic (exact) mass is 327 g/mol. The van der Waals surface area contributed by atoms with Gasteiger partial charge in [0.05, 0.1) is 11.6 Å². The number of ether oxygens (including phenoxy) is 1. The standard InChI is InChI=1S/C15H15Cl2NOS/c1-9-2-3-11(20-9)8-18-14-4-5-19-15-12(14)6-10(16)7-13(15)17/h2-3,6-7,14,18H,4-5,8H2,1H3. The predicted molar refractivity (Wildman–Crippen MR) is 85.2 cm³/mol. The van der Waals surface area contributed by atoms with E-state index in [1.54, 1.807) is 6.07 Å².